The summed E-state index contributed by atoms with van der Waals surface area (Å²) in [6, 6.07) is 0. The predicted octanol–water partition coefficient (Wildman–Crippen LogP) is 0.591. The Morgan fingerprint density at radius 3 is 2.71 bits per heavy atom. The molecule has 0 spiro atoms. The molecule has 0 saturated carbocycles. The third-order valence-electron chi connectivity index (χ3n) is 0.222. The van der Waals surface area contributed by atoms with Gasteiger partial charge in [0.1, 0.15) is 1.28 Å². The van der Waals surface area contributed by atoms with Crippen LogP contribution < -0.4 is 0 Å². The van der Waals surface area contributed by atoms with Gasteiger partial charge in [0, 0.05) is 4.53 Å². The topological polar surface area (TPSA) is 46.5 Å². The molecule has 0 aliphatic rings. The van der Waals surface area contributed by atoms with E-state index in [0.29, 0.717) is 0 Å². The van der Waals surface area contributed by atoms with Crippen molar-refractivity contribution in [1.82, 2.24) is 0 Å². The lowest BCUT2D eigenvalue weighted by molar-refractivity contribution is -0.0475. The molecule has 0 rings (SSSR count). The van der Waals surface area contributed by atoms with Gasteiger partial charge in [0.15, 0.2) is 6.87 Å². The van der Waals surface area contributed by atoms with Crippen molar-refractivity contribution in [2.45, 2.75) is 0 Å². The largest absolute Gasteiger partial charge is 0.399 e. The van der Waals surface area contributed by atoms with Gasteiger partial charge in [-0.3, -0.25) is 0 Å². The van der Waals surface area contributed by atoms with E-state index in [2.05, 4.69) is 16.7 Å². The van der Waals surface area contributed by atoms with Crippen molar-refractivity contribution in [1.29, 1.82) is 1.28 Å². The molecule has 0 heterocycles. The molecule has 0 aliphatic carbocycles. The third-order valence-corrected chi connectivity index (χ3v) is 1.05. The Balaban J connectivity index is 4.04. The van der Waals surface area contributed by atoms with Crippen LogP contribution in [0.2, 0.25) is 0 Å². The first kappa shape index (κ1) is 5.15. The molecule has 0 saturated heterocycles. The molecule has 42 valence electrons. The molecule has 7 heavy (non-hydrogen) atoms. The standard InChI is InChI=1S/CH2FO3PS/c2-5-1(3)6(4)7/h6H,(H,4,7)/i6T. The Bertz CT molecular complexity index is 142. The van der Waals surface area contributed by atoms with Crippen LogP contribution in [-0.4, -0.2) is 11.9 Å². The zero-order chi connectivity index (χ0) is 6.78. The van der Waals surface area contributed by atoms with E-state index in [4.69, 9.17) is 6.17 Å². The van der Waals surface area contributed by atoms with Crippen molar-refractivity contribution in [3.63, 3.8) is 0 Å². The minimum Gasteiger partial charge on any atom is -0.359 e. The summed E-state index contributed by atoms with van der Waals surface area (Å²) in [7, 11) is 0. The van der Waals surface area contributed by atoms with Crippen molar-refractivity contribution in [2.24, 2.45) is 0 Å². The second-order valence-corrected chi connectivity index (χ2v) is 2.56. The van der Waals surface area contributed by atoms with Crippen LogP contribution in [-0.2, 0) is 16.7 Å². The van der Waals surface area contributed by atoms with E-state index >= 15 is 0 Å². The van der Waals surface area contributed by atoms with E-state index in [0.717, 1.165) is 0 Å². The lowest BCUT2D eigenvalue weighted by atomic mass is 11.6. The van der Waals surface area contributed by atoms with E-state index < -0.39 is 12.6 Å². The van der Waals surface area contributed by atoms with Crippen molar-refractivity contribution in [2.75, 3.05) is 0 Å². The average molecular weight is 146 g/mol. The van der Waals surface area contributed by atoms with Crippen molar-refractivity contribution in [3.8, 4) is 0 Å². The summed E-state index contributed by atoms with van der Waals surface area (Å²) >= 11 is 3.83. The highest BCUT2D eigenvalue weighted by molar-refractivity contribution is 8.09. The zero-order valence-corrected chi connectivity index (χ0v) is 4.71. The number of carbonyl (C=O) groups is 1. The van der Waals surface area contributed by atoms with Crippen molar-refractivity contribution >= 4 is 24.4 Å². The number of hydrogen-bond acceptors (Lipinski definition) is 3. The SMILES string of the molecule is [3H]P(O)(=S)C(=O)OF. The summed E-state index contributed by atoms with van der Waals surface area (Å²) in [4.78, 5) is 20.4. The minimum atomic E-state index is -3.91. The van der Waals surface area contributed by atoms with Gasteiger partial charge in [0.05, 0.1) is 0 Å². The fourth-order valence-corrected chi connectivity index (χ4v) is 0.173. The number of rotatable bonds is 1. The molecular formula is CH2FO3PS. The van der Waals surface area contributed by atoms with Gasteiger partial charge in [-0.25, -0.2) is 9.74 Å². The second-order valence-electron chi connectivity index (χ2n) is 0.616. The monoisotopic (exact) mass is 146 g/mol. The lowest BCUT2D eigenvalue weighted by Crippen LogP contribution is -1.82. The van der Waals surface area contributed by atoms with Crippen molar-refractivity contribution < 1.29 is 19.2 Å². The highest BCUT2D eigenvalue weighted by atomic mass is 32.4. The van der Waals surface area contributed by atoms with Crippen LogP contribution in [0, 0.1) is 0 Å². The van der Waals surface area contributed by atoms with Crippen LogP contribution >= 0.6 is 6.87 Å². The second kappa shape index (κ2) is 3.07. The first-order chi connectivity index (χ1) is 3.48. The van der Waals surface area contributed by atoms with Crippen LogP contribution in [0.15, 0.2) is 0 Å². The molecule has 3 nitrogen and oxygen atoms in total. The van der Waals surface area contributed by atoms with Crippen molar-refractivity contribution in [3.05, 3.63) is 0 Å². The van der Waals surface area contributed by atoms with Crippen LogP contribution in [0.25, 0.3) is 0 Å². The smallest absolute Gasteiger partial charge is 0.359 e. The van der Waals surface area contributed by atoms with Gasteiger partial charge in [0.25, 0.3) is 0 Å². The first-order valence-electron chi connectivity index (χ1n) is 1.62. The summed E-state index contributed by atoms with van der Waals surface area (Å²) in [5.41, 5.74) is -1.69. The van der Waals surface area contributed by atoms with E-state index in [1.165, 1.54) is 0 Å². The van der Waals surface area contributed by atoms with E-state index in [-0.39, 0.29) is 0 Å². The molecule has 0 aromatic heterocycles. The summed E-state index contributed by atoms with van der Waals surface area (Å²) < 4.78 is 17.0. The maximum absolute atomic E-state index is 10.7. The molecule has 0 aliphatic heterocycles. The number of halogens is 1. The predicted molar refractivity (Wildman–Crippen MR) is 25.5 cm³/mol. The Morgan fingerprint density at radius 1 is 2.29 bits per heavy atom. The molecular weight excluding hydrogens is 142 g/mol. The molecule has 0 amide bonds. The first-order valence-corrected chi connectivity index (χ1v) is 3.48. The highest BCUT2D eigenvalue weighted by Crippen LogP contribution is 2.16. The van der Waals surface area contributed by atoms with Gasteiger partial charge in [-0.05, 0) is 0 Å². The van der Waals surface area contributed by atoms with Gasteiger partial charge >= 0.3 is 5.71 Å². The van der Waals surface area contributed by atoms with Gasteiger partial charge in [-0.1, -0.05) is 11.8 Å². The molecule has 0 fully saturated rings. The van der Waals surface area contributed by atoms with Crippen LogP contribution in [0.5, 0.6) is 0 Å². The molecule has 1 atom stereocenters. The van der Waals surface area contributed by atoms with Crippen LogP contribution in [0.4, 0.5) is 9.32 Å². The maximum atomic E-state index is 10.7. The zero-order valence-electron chi connectivity index (χ0n) is 4.00. The molecule has 6 heteroatoms. The normalized spacial score (nSPS) is 19.4. The van der Waals surface area contributed by atoms with Gasteiger partial charge in [-0.2, -0.15) is 0 Å². The Morgan fingerprint density at radius 2 is 2.71 bits per heavy atom. The van der Waals surface area contributed by atoms with Crippen LogP contribution in [0.3, 0.4) is 0 Å². The highest BCUT2D eigenvalue weighted by Gasteiger charge is 2.02. The molecule has 0 aromatic carbocycles. The quantitative estimate of drug-likeness (QED) is 0.550. The van der Waals surface area contributed by atoms with E-state index in [9.17, 15) is 9.32 Å². The van der Waals surface area contributed by atoms with Crippen LogP contribution in [0.1, 0.15) is 0 Å². The molecule has 1 N–H and O–H groups in total. The summed E-state index contributed by atoms with van der Waals surface area (Å²) in [6.45, 7) is -3.91. The van der Waals surface area contributed by atoms with Gasteiger partial charge in [0.2, 0.25) is 0 Å². The number of hydrogen-bond donors (Lipinski definition) is 1. The molecule has 1 unspecified atom stereocenters. The average Bonchev–Trinajstić information content (AvgIpc) is 1.62. The summed E-state index contributed by atoms with van der Waals surface area (Å²) in [5, 5.41) is 0. The van der Waals surface area contributed by atoms with E-state index in [1.54, 1.807) is 0 Å². The maximum Gasteiger partial charge on any atom is 0.399 e. The molecule has 0 radical (unpaired) electrons. The Hall–Kier alpha value is 0.01000. The number of carbonyl (C=O) groups excluding carboxylic acids is 1. The minimum absolute atomic E-state index is 1.69. The van der Waals surface area contributed by atoms with E-state index in [1.807, 2.05) is 0 Å². The fraction of sp³-hybridized carbons (Fsp3) is 0. The third kappa shape index (κ3) is 2.68. The fourth-order valence-electron chi connectivity index (χ4n) is 0.0295. The summed E-state index contributed by atoms with van der Waals surface area (Å²) in [5.74, 6) is 0. The Labute approximate surface area is 45.8 Å². The molecule has 0 bridgehead atoms. The summed E-state index contributed by atoms with van der Waals surface area (Å²) in [6.07, 6.45) is 0. The Kier molecular flexibility index (Phi) is 2.26. The van der Waals surface area contributed by atoms with Gasteiger partial charge < -0.3 is 4.89 Å². The lowest BCUT2D eigenvalue weighted by Gasteiger charge is -1.83. The van der Waals surface area contributed by atoms with Gasteiger partial charge in [-0.15, -0.1) is 0 Å². The molecule has 0 aromatic rings.